The monoisotopic (exact) mass is 350 g/mol. The molecule has 0 atom stereocenters. The van der Waals surface area contributed by atoms with Crippen molar-refractivity contribution in [1.82, 2.24) is 4.98 Å². The van der Waals surface area contributed by atoms with Crippen molar-refractivity contribution >= 4 is 33.5 Å². The van der Waals surface area contributed by atoms with E-state index >= 15 is 0 Å². The second-order valence-electron chi connectivity index (χ2n) is 4.33. The number of anilines is 1. The first-order valence-electron chi connectivity index (χ1n) is 5.92. The van der Waals surface area contributed by atoms with Crippen molar-refractivity contribution in [1.29, 1.82) is 0 Å². The second kappa shape index (κ2) is 5.92. The number of halogens is 1. The van der Waals surface area contributed by atoms with E-state index in [4.69, 9.17) is 5.11 Å². The fraction of sp³-hybridized carbons (Fsp3) is 0.0714. The number of aromatic carboxylic acids is 1. The molecule has 1 heterocycles. The number of rotatable bonds is 3. The third kappa shape index (κ3) is 3.38. The van der Waals surface area contributed by atoms with Gasteiger partial charge in [-0.3, -0.25) is 9.59 Å². The number of H-pyrrole nitrogens is 1. The lowest BCUT2D eigenvalue weighted by molar-refractivity contribution is 0.0698. The van der Waals surface area contributed by atoms with Gasteiger partial charge in [-0.1, -0.05) is 15.9 Å². The molecule has 0 radical (unpaired) electrons. The Labute approximate surface area is 127 Å². The van der Waals surface area contributed by atoms with Gasteiger partial charge in [-0.25, -0.2) is 4.79 Å². The first-order valence-corrected chi connectivity index (χ1v) is 6.72. The zero-order valence-electron chi connectivity index (χ0n) is 10.9. The summed E-state index contributed by atoms with van der Waals surface area (Å²) in [5.41, 5.74) is 0.0680. The van der Waals surface area contributed by atoms with Crippen molar-refractivity contribution in [2.24, 2.45) is 0 Å². The fourth-order valence-corrected chi connectivity index (χ4v) is 2.11. The first kappa shape index (κ1) is 15.0. The maximum Gasteiger partial charge on any atom is 0.337 e. The molecule has 6 nitrogen and oxygen atoms in total. The zero-order valence-corrected chi connectivity index (χ0v) is 12.5. The number of amides is 1. The minimum atomic E-state index is -1.17. The fourth-order valence-electron chi connectivity index (χ4n) is 1.75. The van der Waals surface area contributed by atoms with E-state index in [0.29, 0.717) is 10.2 Å². The number of pyridine rings is 1. The Morgan fingerprint density at radius 2 is 1.86 bits per heavy atom. The summed E-state index contributed by atoms with van der Waals surface area (Å²) in [6.07, 6.45) is 0. The summed E-state index contributed by atoms with van der Waals surface area (Å²) in [6.45, 7) is 1.69. The number of carboxylic acid groups (broad SMARTS) is 1. The number of hydrogen-bond acceptors (Lipinski definition) is 3. The lowest BCUT2D eigenvalue weighted by Gasteiger charge is -2.09. The lowest BCUT2D eigenvalue weighted by atomic mass is 10.1. The van der Waals surface area contributed by atoms with E-state index < -0.39 is 17.4 Å². The van der Waals surface area contributed by atoms with Crippen LogP contribution in [0.1, 0.15) is 26.4 Å². The Morgan fingerprint density at radius 3 is 2.48 bits per heavy atom. The lowest BCUT2D eigenvalue weighted by Crippen LogP contribution is -2.24. The van der Waals surface area contributed by atoms with Crippen LogP contribution in [0, 0.1) is 6.92 Å². The van der Waals surface area contributed by atoms with Gasteiger partial charge in [0, 0.05) is 10.2 Å². The molecule has 0 aliphatic carbocycles. The van der Waals surface area contributed by atoms with Gasteiger partial charge in [-0.15, -0.1) is 0 Å². The molecule has 0 fully saturated rings. The molecule has 0 aliphatic heterocycles. The molecule has 0 spiro atoms. The number of nitrogens with one attached hydrogen (secondary N) is 2. The number of carboxylic acids is 1. The van der Waals surface area contributed by atoms with Crippen molar-refractivity contribution in [2.75, 3.05) is 5.32 Å². The van der Waals surface area contributed by atoms with Crippen LogP contribution in [0.2, 0.25) is 0 Å². The molecule has 1 aromatic heterocycles. The highest BCUT2D eigenvalue weighted by Gasteiger charge is 2.16. The minimum Gasteiger partial charge on any atom is -0.478 e. The summed E-state index contributed by atoms with van der Waals surface area (Å²) in [4.78, 5) is 37.4. The summed E-state index contributed by atoms with van der Waals surface area (Å²) in [7, 11) is 0. The average molecular weight is 351 g/mol. The predicted octanol–water partition coefficient (Wildman–Crippen LogP) is 2.40. The maximum atomic E-state index is 12.1. The molecule has 0 bridgehead atoms. The number of aromatic amines is 1. The normalized spacial score (nSPS) is 10.2. The first-order chi connectivity index (χ1) is 9.88. The van der Waals surface area contributed by atoms with Gasteiger partial charge in [0.25, 0.3) is 11.5 Å². The Kier molecular flexibility index (Phi) is 4.23. The number of carbonyl (C=O) groups excluding carboxylic acids is 1. The predicted molar refractivity (Wildman–Crippen MR) is 80.9 cm³/mol. The van der Waals surface area contributed by atoms with E-state index in [9.17, 15) is 14.4 Å². The molecule has 0 unspecified atom stereocenters. The zero-order chi connectivity index (χ0) is 15.6. The van der Waals surface area contributed by atoms with Gasteiger partial charge in [-0.05, 0) is 37.3 Å². The van der Waals surface area contributed by atoms with Crippen LogP contribution in [0.4, 0.5) is 5.69 Å². The number of aryl methyl sites for hydroxylation is 1. The molecule has 7 heteroatoms. The number of hydrogen-bond donors (Lipinski definition) is 3. The van der Waals surface area contributed by atoms with Crippen LogP contribution in [0.5, 0.6) is 0 Å². The van der Waals surface area contributed by atoms with E-state index in [0.717, 1.165) is 0 Å². The van der Waals surface area contributed by atoms with Crippen LogP contribution >= 0.6 is 15.9 Å². The number of benzene rings is 1. The quantitative estimate of drug-likeness (QED) is 0.791. The molecule has 0 saturated heterocycles. The van der Waals surface area contributed by atoms with Crippen molar-refractivity contribution in [3.8, 4) is 0 Å². The van der Waals surface area contributed by atoms with E-state index in [1.165, 1.54) is 18.2 Å². The minimum absolute atomic E-state index is 0.0601. The van der Waals surface area contributed by atoms with Gasteiger partial charge in [0.15, 0.2) is 0 Å². The molecule has 2 rings (SSSR count). The number of aromatic nitrogens is 1. The molecule has 21 heavy (non-hydrogen) atoms. The summed E-state index contributed by atoms with van der Waals surface area (Å²) >= 11 is 3.20. The van der Waals surface area contributed by atoms with Crippen LogP contribution in [0.25, 0.3) is 0 Å². The molecule has 108 valence electrons. The summed E-state index contributed by atoms with van der Waals surface area (Å²) in [5.74, 6) is -1.84. The largest absolute Gasteiger partial charge is 0.478 e. The Balaban J connectivity index is 2.38. The SMILES string of the molecule is Cc1ccc(C(=O)Nc2cc(Br)ccc2C(=O)O)c(=O)[nH]1. The molecular formula is C14H11BrN2O4. The Bertz CT molecular complexity index is 783. The van der Waals surface area contributed by atoms with Crippen LogP contribution < -0.4 is 10.9 Å². The van der Waals surface area contributed by atoms with Crippen LogP contribution in [0.3, 0.4) is 0 Å². The smallest absolute Gasteiger partial charge is 0.337 e. The van der Waals surface area contributed by atoms with Crippen LogP contribution in [-0.2, 0) is 0 Å². The average Bonchev–Trinajstić information content (AvgIpc) is 2.37. The molecule has 0 aliphatic rings. The van der Waals surface area contributed by atoms with Crippen molar-refractivity contribution in [2.45, 2.75) is 6.92 Å². The summed E-state index contributed by atoms with van der Waals surface area (Å²) < 4.78 is 0.612. The molecular weight excluding hydrogens is 340 g/mol. The molecule has 2 aromatic rings. The maximum absolute atomic E-state index is 12.1. The van der Waals surface area contributed by atoms with Crippen molar-refractivity contribution in [3.63, 3.8) is 0 Å². The van der Waals surface area contributed by atoms with Gasteiger partial charge < -0.3 is 15.4 Å². The highest BCUT2D eigenvalue weighted by Crippen LogP contribution is 2.22. The molecule has 0 saturated carbocycles. The Morgan fingerprint density at radius 1 is 1.19 bits per heavy atom. The molecule has 1 amide bonds. The van der Waals surface area contributed by atoms with Crippen LogP contribution in [-0.4, -0.2) is 22.0 Å². The third-order valence-corrected chi connectivity index (χ3v) is 3.25. The Hall–Kier alpha value is -2.41. The van der Waals surface area contributed by atoms with Gasteiger partial charge >= 0.3 is 5.97 Å². The van der Waals surface area contributed by atoms with E-state index in [1.807, 2.05) is 0 Å². The van der Waals surface area contributed by atoms with E-state index in [2.05, 4.69) is 26.2 Å². The summed E-state index contributed by atoms with van der Waals surface area (Å²) in [6, 6.07) is 7.36. The third-order valence-electron chi connectivity index (χ3n) is 2.76. The summed E-state index contributed by atoms with van der Waals surface area (Å²) in [5, 5.41) is 11.5. The topological polar surface area (TPSA) is 99.3 Å². The van der Waals surface area contributed by atoms with Crippen LogP contribution in [0.15, 0.2) is 39.6 Å². The van der Waals surface area contributed by atoms with Crippen molar-refractivity contribution in [3.05, 3.63) is 62.0 Å². The van der Waals surface area contributed by atoms with E-state index in [1.54, 1.807) is 19.1 Å². The van der Waals surface area contributed by atoms with E-state index in [-0.39, 0.29) is 16.8 Å². The van der Waals surface area contributed by atoms with Gasteiger partial charge in [0.05, 0.1) is 11.3 Å². The molecule has 3 N–H and O–H groups in total. The standard InChI is InChI=1S/C14H11BrN2O4/c1-7-2-4-10(12(18)16-7)13(19)17-11-6-8(15)3-5-9(11)14(20)21/h2-6H,1H3,(H,16,18)(H,17,19)(H,20,21). The molecule has 1 aromatic carbocycles. The van der Waals surface area contributed by atoms with Gasteiger partial charge in [0.2, 0.25) is 0 Å². The number of carbonyl (C=O) groups is 2. The highest BCUT2D eigenvalue weighted by atomic mass is 79.9. The van der Waals surface area contributed by atoms with Gasteiger partial charge in [-0.2, -0.15) is 0 Å². The highest BCUT2D eigenvalue weighted by molar-refractivity contribution is 9.10. The second-order valence-corrected chi connectivity index (χ2v) is 5.25. The van der Waals surface area contributed by atoms with Gasteiger partial charge in [0.1, 0.15) is 5.56 Å². The van der Waals surface area contributed by atoms with Crippen molar-refractivity contribution < 1.29 is 14.7 Å².